The molecular weight excluding hydrogens is 757 g/mol. The normalized spacial score (nSPS) is 14.2. The first kappa shape index (κ1) is 44.0. The Bertz CT molecular complexity index is 2150. The topological polar surface area (TPSA) is 139 Å². The fraction of sp³-hybridized carbons (Fsp3) is 0.391. The molecule has 13 heteroatoms. The summed E-state index contributed by atoms with van der Waals surface area (Å²) in [6.45, 7) is 8.60. The number of aryl methyl sites for hydroxylation is 1. The van der Waals surface area contributed by atoms with Gasteiger partial charge in [-0.3, -0.25) is 19.3 Å². The zero-order chi connectivity index (χ0) is 43.0. The van der Waals surface area contributed by atoms with E-state index >= 15 is 4.79 Å². The average Bonchev–Trinajstić information content (AvgIpc) is 3.21. The summed E-state index contributed by atoms with van der Waals surface area (Å²) in [4.78, 5) is 59.3. The van der Waals surface area contributed by atoms with Crippen molar-refractivity contribution in [1.29, 1.82) is 0 Å². The SMILES string of the molecule is COc1c(C)cc(CC(C(=O)N2CC(=O)c3c(OC)c(C)c(OC)c(OC)c3C2COCc2ccccc2)N(C)C(=O)OC(C)(C)C)c(C=O)c1OCc1ccccc1. The van der Waals surface area contributed by atoms with Crippen LogP contribution in [0.3, 0.4) is 0 Å². The number of amides is 2. The van der Waals surface area contributed by atoms with E-state index in [4.69, 9.17) is 33.2 Å². The molecule has 0 radical (unpaired) electrons. The maximum Gasteiger partial charge on any atom is 0.410 e. The predicted octanol–water partition coefficient (Wildman–Crippen LogP) is 7.49. The Kier molecular flexibility index (Phi) is 14.3. The van der Waals surface area contributed by atoms with Crippen molar-refractivity contribution in [2.45, 2.75) is 71.9 Å². The first-order valence-corrected chi connectivity index (χ1v) is 19.2. The number of methoxy groups -OCH3 is 4. The third kappa shape index (κ3) is 9.63. The van der Waals surface area contributed by atoms with E-state index in [0.29, 0.717) is 40.0 Å². The lowest BCUT2D eigenvalue weighted by Gasteiger charge is -2.41. The Balaban J connectivity index is 1.66. The minimum atomic E-state index is -1.30. The van der Waals surface area contributed by atoms with E-state index in [9.17, 15) is 14.4 Å². The molecule has 1 heterocycles. The van der Waals surface area contributed by atoms with E-state index in [1.54, 1.807) is 40.7 Å². The molecule has 13 nitrogen and oxygen atoms in total. The Morgan fingerprint density at radius 1 is 0.831 bits per heavy atom. The average molecular weight is 811 g/mol. The monoisotopic (exact) mass is 810 g/mol. The summed E-state index contributed by atoms with van der Waals surface area (Å²) in [7, 11) is 7.35. The van der Waals surface area contributed by atoms with Gasteiger partial charge in [0.05, 0.1) is 65.4 Å². The Hall–Kier alpha value is -6.08. The number of benzene rings is 4. The molecule has 314 valence electrons. The number of ketones is 1. The Morgan fingerprint density at radius 3 is 1.95 bits per heavy atom. The van der Waals surface area contributed by atoms with Crippen LogP contribution in [0.1, 0.15) is 80.9 Å². The highest BCUT2D eigenvalue weighted by Gasteiger charge is 2.45. The maximum atomic E-state index is 15.4. The van der Waals surface area contributed by atoms with E-state index in [2.05, 4.69) is 0 Å². The van der Waals surface area contributed by atoms with Crippen molar-refractivity contribution in [2.24, 2.45) is 0 Å². The van der Waals surface area contributed by atoms with Crippen LogP contribution >= 0.6 is 0 Å². The summed E-state index contributed by atoms with van der Waals surface area (Å²) >= 11 is 0. The summed E-state index contributed by atoms with van der Waals surface area (Å²) in [6, 6.07) is 18.5. The van der Waals surface area contributed by atoms with Gasteiger partial charge in [-0.25, -0.2) is 4.79 Å². The van der Waals surface area contributed by atoms with Gasteiger partial charge in [0, 0.05) is 24.6 Å². The van der Waals surface area contributed by atoms with Crippen molar-refractivity contribution in [1.82, 2.24) is 9.80 Å². The molecule has 0 N–H and O–H groups in total. The number of carbonyl (C=O) groups excluding carboxylic acids is 4. The van der Waals surface area contributed by atoms with E-state index in [0.717, 1.165) is 11.1 Å². The number of nitrogens with zero attached hydrogens (tertiary/aromatic N) is 2. The number of aldehydes is 1. The van der Waals surface area contributed by atoms with Crippen LogP contribution in [-0.4, -0.2) is 94.2 Å². The summed E-state index contributed by atoms with van der Waals surface area (Å²) in [5.41, 5.74) is 3.17. The van der Waals surface area contributed by atoms with Gasteiger partial charge in [-0.2, -0.15) is 0 Å². The zero-order valence-corrected chi connectivity index (χ0v) is 35.5. The molecule has 5 rings (SSSR count). The molecule has 4 aromatic carbocycles. The number of likely N-dealkylation sites (N-methyl/N-ethyl adjacent to an activating group) is 1. The second kappa shape index (κ2) is 19.1. The van der Waals surface area contributed by atoms with Crippen LogP contribution in [-0.2, 0) is 33.9 Å². The smallest absolute Gasteiger partial charge is 0.410 e. The van der Waals surface area contributed by atoms with Crippen molar-refractivity contribution < 1.29 is 52.3 Å². The molecule has 0 aliphatic carbocycles. The summed E-state index contributed by atoms with van der Waals surface area (Å²) < 4.78 is 41.6. The second-order valence-electron chi connectivity index (χ2n) is 15.3. The number of ether oxygens (including phenoxy) is 7. The number of Topliss-reactive ketones (excluding diaryl/α,β-unsaturated/α-hetero) is 1. The van der Waals surface area contributed by atoms with E-state index in [1.807, 2.05) is 60.7 Å². The molecular formula is C46H54N2O11. The number of rotatable bonds is 16. The molecule has 0 saturated carbocycles. The van der Waals surface area contributed by atoms with Crippen LogP contribution in [0.15, 0.2) is 66.7 Å². The molecule has 0 aromatic heterocycles. The van der Waals surface area contributed by atoms with Crippen molar-refractivity contribution in [2.75, 3.05) is 48.6 Å². The Labute approximate surface area is 346 Å². The van der Waals surface area contributed by atoms with Crippen LogP contribution in [0.5, 0.6) is 28.7 Å². The summed E-state index contributed by atoms with van der Waals surface area (Å²) in [6.07, 6.45) is -0.298. The molecule has 0 bridgehead atoms. The third-order valence-corrected chi connectivity index (χ3v) is 10.2. The highest BCUT2D eigenvalue weighted by molar-refractivity contribution is 6.07. The maximum absolute atomic E-state index is 15.4. The van der Waals surface area contributed by atoms with Crippen LogP contribution in [0.25, 0.3) is 0 Å². The van der Waals surface area contributed by atoms with Gasteiger partial charge in [0.1, 0.15) is 24.0 Å². The van der Waals surface area contributed by atoms with Gasteiger partial charge in [0.25, 0.3) is 0 Å². The van der Waals surface area contributed by atoms with Crippen LogP contribution in [0.4, 0.5) is 4.79 Å². The van der Waals surface area contributed by atoms with Crippen molar-refractivity contribution in [3.63, 3.8) is 0 Å². The lowest BCUT2D eigenvalue weighted by Crippen LogP contribution is -2.55. The fourth-order valence-electron chi connectivity index (χ4n) is 7.41. The molecule has 1 aliphatic heterocycles. The van der Waals surface area contributed by atoms with E-state index < -0.39 is 35.5 Å². The van der Waals surface area contributed by atoms with Crippen LogP contribution < -0.4 is 23.7 Å². The molecule has 59 heavy (non-hydrogen) atoms. The molecule has 0 saturated heterocycles. The number of fused-ring (bicyclic) bond motifs is 1. The fourth-order valence-corrected chi connectivity index (χ4v) is 7.41. The quantitative estimate of drug-likeness (QED) is 0.104. The Morgan fingerprint density at radius 2 is 1.41 bits per heavy atom. The first-order valence-electron chi connectivity index (χ1n) is 19.2. The largest absolute Gasteiger partial charge is 0.496 e. The lowest BCUT2D eigenvalue weighted by atomic mass is 9.86. The number of carbonyl (C=O) groups is 4. The highest BCUT2D eigenvalue weighted by Crippen LogP contribution is 2.50. The van der Waals surface area contributed by atoms with Crippen LogP contribution in [0, 0.1) is 13.8 Å². The number of hydrogen-bond donors (Lipinski definition) is 0. The molecule has 0 fully saturated rings. The molecule has 2 atom stereocenters. The van der Waals surface area contributed by atoms with Gasteiger partial charge in [0.2, 0.25) is 5.91 Å². The van der Waals surface area contributed by atoms with E-state index in [1.165, 1.54) is 45.3 Å². The van der Waals surface area contributed by atoms with Crippen molar-refractivity contribution in [3.05, 3.63) is 111 Å². The zero-order valence-electron chi connectivity index (χ0n) is 35.5. The molecule has 0 spiro atoms. The van der Waals surface area contributed by atoms with Gasteiger partial charge >= 0.3 is 6.09 Å². The van der Waals surface area contributed by atoms with Crippen molar-refractivity contribution in [3.8, 4) is 28.7 Å². The molecule has 1 aliphatic rings. The van der Waals surface area contributed by atoms with Gasteiger partial charge in [-0.05, 0) is 56.9 Å². The third-order valence-electron chi connectivity index (χ3n) is 10.2. The van der Waals surface area contributed by atoms with Gasteiger partial charge < -0.3 is 38.1 Å². The molecule has 2 amide bonds. The lowest BCUT2D eigenvalue weighted by molar-refractivity contribution is -0.140. The highest BCUT2D eigenvalue weighted by atomic mass is 16.6. The van der Waals surface area contributed by atoms with Crippen molar-refractivity contribution >= 4 is 24.1 Å². The standard InChI is InChI=1S/C46H54N2O11/c1-28-21-32(33(24-49)42(39(28)53-7)58-26-31-19-15-12-16-20-31)22-34(47(6)45(52)59-46(3,4)5)44(51)48-23-36(50)38-37(35(48)27-57-25-30-17-13-11-14-18-30)43(56-10)41(55-9)29(2)40(38)54-8/h11-21,24,34-35H,22-23,25-27H2,1-10H3. The minimum absolute atomic E-state index is 0.0752. The first-order chi connectivity index (χ1) is 28.2. The van der Waals surface area contributed by atoms with Gasteiger partial charge in [0.15, 0.2) is 35.1 Å². The molecule has 2 unspecified atom stereocenters. The number of hydrogen-bond acceptors (Lipinski definition) is 11. The molecule has 4 aromatic rings. The predicted molar refractivity (Wildman–Crippen MR) is 221 cm³/mol. The minimum Gasteiger partial charge on any atom is -0.496 e. The van der Waals surface area contributed by atoms with Crippen LogP contribution in [0.2, 0.25) is 0 Å². The second-order valence-corrected chi connectivity index (χ2v) is 15.3. The van der Waals surface area contributed by atoms with Gasteiger partial charge in [-0.15, -0.1) is 0 Å². The summed E-state index contributed by atoms with van der Waals surface area (Å²) in [5, 5.41) is 0. The van der Waals surface area contributed by atoms with Gasteiger partial charge in [-0.1, -0.05) is 66.7 Å². The summed E-state index contributed by atoms with van der Waals surface area (Å²) in [5.74, 6) is 0.383. The van der Waals surface area contributed by atoms with E-state index in [-0.39, 0.29) is 61.2 Å².